The van der Waals surface area contributed by atoms with Crippen LogP contribution in [-0.2, 0) is 16.8 Å². The van der Waals surface area contributed by atoms with E-state index in [9.17, 15) is 4.79 Å². The molecule has 1 aliphatic rings. The molecule has 94 valence electrons. The Morgan fingerprint density at radius 2 is 2.41 bits per heavy atom. The number of nitrogens with zero attached hydrogens (tertiary/aromatic N) is 3. The number of amides is 1. The first-order chi connectivity index (χ1) is 8.11. The summed E-state index contributed by atoms with van der Waals surface area (Å²) in [7, 11) is 0. The number of rotatable bonds is 3. The highest BCUT2D eigenvalue weighted by atomic mass is 16.2. The van der Waals surface area contributed by atoms with Crippen molar-refractivity contribution in [1.29, 1.82) is 0 Å². The summed E-state index contributed by atoms with van der Waals surface area (Å²) in [4.78, 5) is 13.2. The lowest BCUT2D eigenvalue weighted by molar-refractivity contribution is -0.128. The summed E-state index contributed by atoms with van der Waals surface area (Å²) >= 11 is 0. The molecule has 0 radical (unpaired) electrons. The zero-order valence-corrected chi connectivity index (χ0v) is 10.5. The van der Waals surface area contributed by atoms with Crippen LogP contribution in [0, 0.1) is 0 Å². The van der Waals surface area contributed by atoms with E-state index in [1.165, 1.54) is 5.56 Å². The molecule has 0 saturated carbocycles. The first-order valence-electron chi connectivity index (χ1n) is 6.11. The van der Waals surface area contributed by atoms with Gasteiger partial charge in [0, 0.05) is 32.8 Å². The molecule has 1 unspecified atom stereocenters. The third kappa shape index (κ3) is 2.07. The van der Waals surface area contributed by atoms with Gasteiger partial charge in [0.1, 0.15) is 0 Å². The number of carbonyl (C=O) groups excluding carboxylic acids is 1. The maximum absolute atomic E-state index is 11.4. The van der Waals surface area contributed by atoms with E-state index in [0.717, 1.165) is 19.4 Å². The normalized spacial score (nSPS) is 24.3. The van der Waals surface area contributed by atoms with Crippen LogP contribution in [0.5, 0.6) is 0 Å². The average Bonchev–Trinajstić information content (AvgIpc) is 2.96. The van der Waals surface area contributed by atoms with E-state index in [1.807, 2.05) is 15.8 Å². The molecule has 17 heavy (non-hydrogen) atoms. The van der Waals surface area contributed by atoms with Gasteiger partial charge in [-0.2, -0.15) is 5.10 Å². The van der Waals surface area contributed by atoms with Crippen molar-refractivity contribution in [1.82, 2.24) is 14.7 Å². The molecule has 1 saturated heterocycles. The maximum Gasteiger partial charge on any atom is 0.219 e. The lowest BCUT2D eigenvalue weighted by Crippen LogP contribution is -2.44. The molecule has 1 fully saturated rings. The van der Waals surface area contributed by atoms with Crippen molar-refractivity contribution in [3.63, 3.8) is 0 Å². The van der Waals surface area contributed by atoms with Gasteiger partial charge in [-0.15, -0.1) is 0 Å². The summed E-state index contributed by atoms with van der Waals surface area (Å²) in [5, 5.41) is 4.40. The average molecular weight is 236 g/mol. The lowest BCUT2D eigenvalue weighted by atomic mass is 9.99. The van der Waals surface area contributed by atoms with Gasteiger partial charge in [0.2, 0.25) is 5.91 Å². The Hall–Kier alpha value is -1.36. The molecule has 5 nitrogen and oxygen atoms in total. The van der Waals surface area contributed by atoms with Gasteiger partial charge in [-0.25, -0.2) is 0 Å². The Balaban J connectivity index is 2.24. The van der Waals surface area contributed by atoms with Crippen molar-refractivity contribution in [2.45, 2.75) is 32.2 Å². The SMILES string of the molecule is CCc1cnn(C2(CN)CCN(C(C)=O)C2)c1. The highest BCUT2D eigenvalue weighted by Crippen LogP contribution is 2.28. The van der Waals surface area contributed by atoms with Crippen LogP contribution < -0.4 is 5.73 Å². The number of carbonyl (C=O) groups is 1. The highest BCUT2D eigenvalue weighted by Gasteiger charge is 2.40. The lowest BCUT2D eigenvalue weighted by Gasteiger charge is -2.28. The first-order valence-corrected chi connectivity index (χ1v) is 6.11. The summed E-state index contributed by atoms with van der Waals surface area (Å²) in [6.45, 7) is 5.67. The van der Waals surface area contributed by atoms with Crippen molar-refractivity contribution in [3.8, 4) is 0 Å². The Bertz CT molecular complexity index is 414. The number of hydrogen-bond donors (Lipinski definition) is 1. The summed E-state index contributed by atoms with van der Waals surface area (Å²) in [6, 6.07) is 0. The third-order valence-corrected chi connectivity index (χ3v) is 3.69. The predicted molar refractivity (Wildman–Crippen MR) is 65.5 cm³/mol. The molecule has 0 aliphatic carbocycles. The molecule has 2 heterocycles. The molecule has 5 heteroatoms. The second-order valence-electron chi connectivity index (χ2n) is 4.77. The predicted octanol–water partition coefficient (Wildman–Crippen LogP) is 0.352. The van der Waals surface area contributed by atoms with Gasteiger partial charge in [0.05, 0.1) is 11.7 Å². The number of hydrogen-bond acceptors (Lipinski definition) is 3. The van der Waals surface area contributed by atoms with Crippen molar-refractivity contribution >= 4 is 5.91 Å². The fraction of sp³-hybridized carbons (Fsp3) is 0.667. The van der Waals surface area contributed by atoms with E-state index in [-0.39, 0.29) is 11.4 Å². The molecule has 2 rings (SSSR count). The second-order valence-corrected chi connectivity index (χ2v) is 4.77. The second kappa shape index (κ2) is 4.49. The van der Waals surface area contributed by atoms with Crippen molar-refractivity contribution < 1.29 is 4.79 Å². The summed E-state index contributed by atoms with van der Waals surface area (Å²) < 4.78 is 1.95. The van der Waals surface area contributed by atoms with Gasteiger partial charge < -0.3 is 10.6 Å². The summed E-state index contributed by atoms with van der Waals surface area (Å²) in [5.74, 6) is 0.114. The fourth-order valence-electron chi connectivity index (χ4n) is 2.37. The zero-order valence-electron chi connectivity index (χ0n) is 10.5. The van der Waals surface area contributed by atoms with Crippen LogP contribution in [0.2, 0.25) is 0 Å². The van der Waals surface area contributed by atoms with Gasteiger partial charge in [-0.05, 0) is 18.4 Å². The highest BCUT2D eigenvalue weighted by molar-refractivity contribution is 5.73. The monoisotopic (exact) mass is 236 g/mol. The van der Waals surface area contributed by atoms with Gasteiger partial charge in [0.25, 0.3) is 0 Å². The third-order valence-electron chi connectivity index (χ3n) is 3.69. The number of aryl methyl sites for hydroxylation is 1. The van der Waals surface area contributed by atoms with E-state index in [4.69, 9.17) is 5.73 Å². The molecule has 2 N–H and O–H groups in total. The molecule has 1 aliphatic heterocycles. The van der Waals surface area contributed by atoms with E-state index in [2.05, 4.69) is 18.2 Å². The van der Waals surface area contributed by atoms with E-state index in [1.54, 1.807) is 6.92 Å². The van der Waals surface area contributed by atoms with Gasteiger partial charge in [0.15, 0.2) is 0 Å². The van der Waals surface area contributed by atoms with Crippen LogP contribution >= 0.6 is 0 Å². The Morgan fingerprint density at radius 3 is 2.88 bits per heavy atom. The summed E-state index contributed by atoms with van der Waals surface area (Å²) in [6.07, 6.45) is 5.79. The van der Waals surface area contributed by atoms with E-state index < -0.39 is 0 Å². The van der Waals surface area contributed by atoms with Crippen LogP contribution in [0.25, 0.3) is 0 Å². The molecule has 1 aromatic rings. The summed E-state index contributed by atoms with van der Waals surface area (Å²) in [5.41, 5.74) is 6.91. The quantitative estimate of drug-likeness (QED) is 0.823. The topological polar surface area (TPSA) is 64.2 Å². The minimum Gasteiger partial charge on any atom is -0.340 e. The van der Waals surface area contributed by atoms with Crippen LogP contribution in [0.4, 0.5) is 0 Å². The largest absolute Gasteiger partial charge is 0.340 e. The molecule has 1 atom stereocenters. The van der Waals surface area contributed by atoms with Crippen molar-refractivity contribution in [2.24, 2.45) is 5.73 Å². The molecule has 0 bridgehead atoms. The Labute approximate surface area is 102 Å². The van der Waals surface area contributed by atoms with Gasteiger partial charge in [-0.3, -0.25) is 9.48 Å². The van der Waals surface area contributed by atoms with Crippen LogP contribution in [0.3, 0.4) is 0 Å². The number of nitrogens with two attached hydrogens (primary N) is 1. The van der Waals surface area contributed by atoms with Gasteiger partial charge in [-0.1, -0.05) is 6.92 Å². The maximum atomic E-state index is 11.4. The van der Waals surface area contributed by atoms with Crippen molar-refractivity contribution in [2.75, 3.05) is 19.6 Å². The van der Waals surface area contributed by atoms with E-state index >= 15 is 0 Å². The first kappa shape index (κ1) is 12.1. The number of likely N-dealkylation sites (tertiary alicyclic amines) is 1. The molecule has 0 spiro atoms. The minimum atomic E-state index is -0.209. The molecule has 1 amide bonds. The van der Waals surface area contributed by atoms with Crippen LogP contribution in [-0.4, -0.2) is 40.2 Å². The van der Waals surface area contributed by atoms with Gasteiger partial charge >= 0.3 is 0 Å². The Kier molecular flexibility index (Phi) is 3.19. The minimum absolute atomic E-state index is 0.114. The Morgan fingerprint density at radius 1 is 1.65 bits per heavy atom. The standard InChI is InChI=1S/C12H20N4O/c1-3-11-6-14-16(7-11)12(8-13)4-5-15(9-12)10(2)17/h6-7H,3-5,8-9,13H2,1-2H3. The van der Waals surface area contributed by atoms with Crippen LogP contribution in [0.1, 0.15) is 25.8 Å². The van der Waals surface area contributed by atoms with Crippen LogP contribution in [0.15, 0.2) is 12.4 Å². The molecule has 1 aromatic heterocycles. The number of aromatic nitrogens is 2. The molecular weight excluding hydrogens is 216 g/mol. The van der Waals surface area contributed by atoms with Crippen molar-refractivity contribution in [3.05, 3.63) is 18.0 Å². The van der Waals surface area contributed by atoms with E-state index in [0.29, 0.717) is 13.1 Å². The zero-order chi connectivity index (χ0) is 12.5. The fourth-order valence-corrected chi connectivity index (χ4v) is 2.37. The smallest absolute Gasteiger partial charge is 0.219 e. The molecular formula is C12H20N4O. The molecule has 0 aromatic carbocycles.